The van der Waals surface area contributed by atoms with Crippen LogP contribution in [0.25, 0.3) is 23.0 Å². The summed E-state index contributed by atoms with van der Waals surface area (Å²) in [4.78, 5) is 4.36. The molecule has 20 heavy (non-hydrogen) atoms. The minimum atomic E-state index is 0.427. The van der Waals surface area contributed by atoms with Crippen LogP contribution in [0.3, 0.4) is 0 Å². The summed E-state index contributed by atoms with van der Waals surface area (Å²) in [6.45, 7) is 6.61. The molecule has 0 saturated carbocycles. The summed E-state index contributed by atoms with van der Waals surface area (Å²) < 4.78 is 7.13. The van der Waals surface area contributed by atoms with Gasteiger partial charge in [-0.2, -0.15) is 15.2 Å². The van der Waals surface area contributed by atoms with Gasteiger partial charge in [-0.1, -0.05) is 5.16 Å². The van der Waals surface area contributed by atoms with E-state index in [1.54, 1.807) is 0 Å². The smallest absolute Gasteiger partial charge is 0.261 e. The zero-order valence-electron chi connectivity index (χ0n) is 11.5. The van der Waals surface area contributed by atoms with Crippen molar-refractivity contribution in [3.8, 4) is 23.0 Å². The first-order valence-electron chi connectivity index (χ1n) is 6.36. The van der Waals surface area contributed by atoms with Gasteiger partial charge in [-0.3, -0.25) is 4.68 Å². The summed E-state index contributed by atoms with van der Waals surface area (Å²) in [5, 5.41) is 16.3. The van der Waals surface area contributed by atoms with Crippen LogP contribution in [0.2, 0.25) is 0 Å². The predicted octanol–water partition coefficient (Wildman–Crippen LogP) is 2.03. The second kappa shape index (κ2) is 4.84. The molecule has 0 aromatic carbocycles. The van der Waals surface area contributed by atoms with Crippen LogP contribution in [-0.2, 0) is 6.54 Å². The van der Waals surface area contributed by atoms with E-state index in [-0.39, 0.29) is 0 Å². The van der Waals surface area contributed by atoms with Crippen LogP contribution in [0.1, 0.15) is 18.3 Å². The van der Waals surface area contributed by atoms with Crippen molar-refractivity contribution in [3.05, 3.63) is 29.7 Å². The van der Waals surface area contributed by atoms with E-state index >= 15 is 0 Å². The topological polar surface area (TPSA) is 82.5 Å². The van der Waals surface area contributed by atoms with Crippen LogP contribution in [0.4, 0.5) is 0 Å². The lowest BCUT2D eigenvalue weighted by Crippen LogP contribution is -1.93. The number of hydrogen-bond donors (Lipinski definition) is 0. The molecule has 3 aromatic heterocycles. The van der Waals surface area contributed by atoms with E-state index in [9.17, 15) is 0 Å². The van der Waals surface area contributed by atoms with Gasteiger partial charge in [-0.05, 0) is 32.9 Å². The zero-order chi connectivity index (χ0) is 14.1. The molecule has 3 aromatic rings. The number of nitrogens with zero attached hydrogens (tertiary/aromatic N) is 6. The first-order valence-corrected chi connectivity index (χ1v) is 6.36. The van der Waals surface area contributed by atoms with Crippen molar-refractivity contribution in [2.24, 2.45) is 0 Å². The third kappa shape index (κ3) is 2.18. The van der Waals surface area contributed by atoms with Gasteiger partial charge in [0, 0.05) is 12.7 Å². The van der Waals surface area contributed by atoms with Gasteiger partial charge in [0.25, 0.3) is 5.89 Å². The molecular weight excluding hydrogens is 256 g/mol. The highest BCUT2D eigenvalue weighted by Gasteiger charge is 2.16. The molecule has 0 bridgehead atoms. The Balaban J connectivity index is 1.97. The highest BCUT2D eigenvalue weighted by Crippen LogP contribution is 2.23. The molecule has 102 valence electrons. The Hall–Kier alpha value is -2.57. The highest BCUT2D eigenvalue weighted by atomic mass is 16.5. The minimum absolute atomic E-state index is 0.427. The molecule has 7 nitrogen and oxygen atoms in total. The molecule has 0 fully saturated rings. The largest absolute Gasteiger partial charge is 0.333 e. The fourth-order valence-electron chi connectivity index (χ4n) is 1.84. The van der Waals surface area contributed by atoms with E-state index in [2.05, 4.69) is 25.4 Å². The average molecular weight is 270 g/mol. The minimum Gasteiger partial charge on any atom is -0.333 e. The SMILES string of the molecule is CCn1cc(-c2nc(-c3ccc(C)nn3)no2)c(C)n1. The van der Waals surface area contributed by atoms with Crippen LogP contribution in [0, 0.1) is 13.8 Å². The second-order valence-electron chi connectivity index (χ2n) is 4.47. The molecule has 0 aliphatic rings. The maximum atomic E-state index is 5.29. The van der Waals surface area contributed by atoms with E-state index in [1.165, 1.54) is 0 Å². The summed E-state index contributed by atoms with van der Waals surface area (Å²) in [6, 6.07) is 3.68. The molecule has 0 aliphatic heterocycles. The maximum absolute atomic E-state index is 5.29. The molecule has 0 N–H and O–H groups in total. The van der Waals surface area contributed by atoms with E-state index in [0.29, 0.717) is 17.4 Å². The van der Waals surface area contributed by atoms with Crippen LogP contribution < -0.4 is 0 Å². The Morgan fingerprint density at radius 1 is 1.20 bits per heavy atom. The van der Waals surface area contributed by atoms with Crippen molar-refractivity contribution >= 4 is 0 Å². The molecule has 3 rings (SSSR count). The lowest BCUT2D eigenvalue weighted by atomic mass is 10.2. The normalized spacial score (nSPS) is 10.9. The third-order valence-electron chi connectivity index (χ3n) is 2.95. The van der Waals surface area contributed by atoms with Crippen molar-refractivity contribution in [1.29, 1.82) is 0 Å². The third-order valence-corrected chi connectivity index (χ3v) is 2.95. The van der Waals surface area contributed by atoms with Gasteiger partial charge < -0.3 is 4.52 Å². The van der Waals surface area contributed by atoms with Crippen molar-refractivity contribution in [1.82, 2.24) is 30.1 Å². The predicted molar refractivity (Wildman–Crippen MR) is 71.7 cm³/mol. The molecule has 0 saturated heterocycles. The summed E-state index contributed by atoms with van der Waals surface area (Å²) in [5.41, 5.74) is 3.13. The fraction of sp³-hybridized carbons (Fsp3) is 0.308. The highest BCUT2D eigenvalue weighted by molar-refractivity contribution is 5.58. The number of rotatable bonds is 3. The Bertz CT molecular complexity index is 728. The summed E-state index contributed by atoms with van der Waals surface area (Å²) >= 11 is 0. The number of aryl methyl sites for hydroxylation is 3. The molecular formula is C13H14N6O. The van der Waals surface area contributed by atoms with Crippen molar-refractivity contribution in [2.45, 2.75) is 27.3 Å². The fourth-order valence-corrected chi connectivity index (χ4v) is 1.84. The van der Waals surface area contributed by atoms with E-state index in [1.807, 2.05) is 43.8 Å². The van der Waals surface area contributed by atoms with Gasteiger partial charge in [-0.15, -0.1) is 5.10 Å². The molecule has 0 atom stereocenters. The van der Waals surface area contributed by atoms with Gasteiger partial charge in [-0.25, -0.2) is 0 Å². The zero-order valence-corrected chi connectivity index (χ0v) is 11.5. The van der Waals surface area contributed by atoms with Crippen LogP contribution >= 0.6 is 0 Å². The first-order chi connectivity index (χ1) is 9.67. The van der Waals surface area contributed by atoms with Crippen molar-refractivity contribution < 1.29 is 4.52 Å². The van der Waals surface area contributed by atoms with Crippen molar-refractivity contribution in [2.75, 3.05) is 0 Å². The Morgan fingerprint density at radius 2 is 2.05 bits per heavy atom. The molecule has 0 spiro atoms. The molecule has 0 radical (unpaired) electrons. The standard InChI is InChI=1S/C13H14N6O/c1-4-19-7-10(9(3)17-19)13-14-12(18-20-13)11-6-5-8(2)15-16-11/h5-7H,4H2,1-3H3. The quantitative estimate of drug-likeness (QED) is 0.724. The monoisotopic (exact) mass is 270 g/mol. The van der Waals surface area contributed by atoms with Gasteiger partial charge in [0.1, 0.15) is 5.69 Å². The van der Waals surface area contributed by atoms with E-state index in [0.717, 1.165) is 23.5 Å². The molecule has 7 heteroatoms. The summed E-state index contributed by atoms with van der Waals surface area (Å²) in [6.07, 6.45) is 1.90. The molecule has 3 heterocycles. The Morgan fingerprint density at radius 3 is 2.70 bits per heavy atom. The van der Waals surface area contributed by atoms with Crippen LogP contribution in [-0.4, -0.2) is 30.1 Å². The Kier molecular flexibility index (Phi) is 3.02. The van der Waals surface area contributed by atoms with Gasteiger partial charge >= 0.3 is 0 Å². The molecule has 0 aliphatic carbocycles. The first kappa shape index (κ1) is 12.5. The van der Waals surface area contributed by atoms with Crippen LogP contribution in [0.5, 0.6) is 0 Å². The number of hydrogen-bond acceptors (Lipinski definition) is 6. The molecule has 0 amide bonds. The average Bonchev–Trinajstić information content (AvgIpc) is 3.06. The molecule has 0 unspecified atom stereocenters. The summed E-state index contributed by atoms with van der Waals surface area (Å²) in [7, 11) is 0. The number of aromatic nitrogens is 6. The lowest BCUT2D eigenvalue weighted by Gasteiger charge is -1.92. The second-order valence-corrected chi connectivity index (χ2v) is 4.47. The van der Waals surface area contributed by atoms with Gasteiger partial charge in [0.2, 0.25) is 5.82 Å². The van der Waals surface area contributed by atoms with E-state index < -0.39 is 0 Å². The van der Waals surface area contributed by atoms with Crippen LogP contribution in [0.15, 0.2) is 22.9 Å². The van der Waals surface area contributed by atoms with E-state index in [4.69, 9.17) is 4.52 Å². The van der Waals surface area contributed by atoms with Crippen molar-refractivity contribution in [3.63, 3.8) is 0 Å². The van der Waals surface area contributed by atoms with Gasteiger partial charge in [0.15, 0.2) is 0 Å². The van der Waals surface area contributed by atoms with Gasteiger partial charge in [0.05, 0.1) is 17.0 Å². The lowest BCUT2D eigenvalue weighted by molar-refractivity contribution is 0.431. The summed E-state index contributed by atoms with van der Waals surface area (Å²) in [5.74, 6) is 0.871. The Labute approximate surface area is 115 Å². The maximum Gasteiger partial charge on any atom is 0.261 e.